The molecule has 0 radical (unpaired) electrons. The molecule has 1 unspecified atom stereocenters. The van der Waals surface area contributed by atoms with Crippen molar-refractivity contribution in [3.8, 4) is 33.6 Å². The van der Waals surface area contributed by atoms with Crippen LogP contribution in [-0.4, -0.2) is 106 Å². The molecule has 2 fully saturated rings. The minimum Gasteiger partial charge on any atom is -0.464 e. The summed E-state index contributed by atoms with van der Waals surface area (Å²) in [4.78, 5) is 65.4. The van der Waals surface area contributed by atoms with Gasteiger partial charge < -0.3 is 24.5 Å². The molecule has 308 valence electrons. The van der Waals surface area contributed by atoms with Crippen LogP contribution in [0.15, 0.2) is 115 Å². The predicted octanol–water partition coefficient (Wildman–Crippen LogP) is 7.85. The second kappa shape index (κ2) is 17.5. The molecular weight excluding hydrogens is 753 g/mol. The van der Waals surface area contributed by atoms with E-state index in [0.717, 1.165) is 70.6 Å². The van der Waals surface area contributed by atoms with Gasteiger partial charge in [-0.05, 0) is 81.7 Å². The Morgan fingerprint density at radius 1 is 0.633 bits per heavy atom. The molecule has 0 saturated carbocycles. The van der Waals surface area contributed by atoms with Gasteiger partial charge in [-0.1, -0.05) is 109 Å². The molecule has 60 heavy (non-hydrogen) atoms. The van der Waals surface area contributed by atoms with Crippen LogP contribution < -0.4 is 0 Å². The van der Waals surface area contributed by atoms with Gasteiger partial charge in [0.1, 0.15) is 29.4 Å². The van der Waals surface area contributed by atoms with E-state index in [9.17, 15) is 14.4 Å². The van der Waals surface area contributed by atoms with E-state index in [1.54, 1.807) is 0 Å². The van der Waals surface area contributed by atoms with Crippen LogP contribution in [0.2, 0.25) is 0 Å². The van der Waals surface area contributed by atoms with Crippen molar-refractivity contribution in [3.05, 3.63) is 144 Å². The number of rotatable bonds is 12. The number of H-pyrrole nitrogens is 2. The number of esters is 1. The third-order valence-electron chi connectivity index (χ3n) is 11.8. The van der Waals surface area contributed by atoms with Crippen LogP contribution in [0.1, 0.15) is 83.1 Å². The summed E-state index contributed by atoms with van der Waals surface area (Å²) >= 11 is 0. The van der Waals surface area contributed by atoms with Gasteiger partial charge in [-0.15, -0.1) is 0 Å². The number of nitrogens with zero attached hydrogens (tertiary/aromatic N) is 6. The van der Waals surface area contributed by atoms with Crippen molar-refractivity contribution >= 4 is 17.8 Å². The van der Waals surface area contributed by atoms with Gasteiger partial charge in [0.15, 0.2) is 5.69 Å². The van der Waals surface area contributed by atoms with Gasteiger partial charge in [-0.3, -0.25) is 19.4 Å². The minimum atomic E-state index is -0.520. The van der Waals surface area contributed by atoms with E-state index in [1.807, 2.05) is 139 Å². The summed E-state index contributed by atoms with van der Waals surface area (Å²) in [5.74, 6) is 0.932. The molecule has 0 bridgehead atoms. The number of likely N-dealkylation sites (N-methyl/N-ethyl adjacent to an activating group) is 2. The number of imidazole rings is 2. The Bertz CT molecular complexity index is 2430. The lowest BCUT2D eigenvalue weighted by atomic mass is 10.0. The van der Waals surface area contributed by atoms with Gasteiger partial charge in [0.25, 0.3) is 0 Å². The number of carbonyl (C=O) groups is 3. The first-order valence-corrected chi connectivity index (χ1v) is 20.6. The van der Waals surface area contributed by atoms with Gasteiger partial charge in [0, 0.05) is 18.7 Å². The van der Waals surface area contributed by atoms with Crippen molar-refractivity contribution < 1.29 is 19.1 Å². The minimum absolute atomic E-state index is 0.000565. The van der Waals surface area contributed by atoms with Crippen LogP contribution >= 0.6 is 0 Å². The first-order chi connectivity index (χ1) is 29.1. The predicted molar refractivity (Wildman–Crippen MR) is 231 cm³/mol. The molecule has 0 aliphatic carbocycles. The Morgan fingerprint density at radius 3 is 1.58 bits per heavy atom. The second-order valence-electron chi connectivity index (χ2n) is 16.1. The van der Waals surface area contributed by atoms with Crippen molar-refractivity contribution in [2.45, 2.75) is 49.9 Å². The van der Waals surface area contributed by atoms with Crippen molar-refractivity contribution in [2.75, 3.05) is 48.4 Å². The van der Waals surface area contributed by atoms with Crippen LogP contribution in [0.5, 0.6) is 0 Å². The Kier molecular flexibility index (Phi) is 11.8. The maximum absolute atomic E-state index is 14.1. The molecule has 4 aromatic carbocycles. The summed E-state index contributed by atoms with van der Waals surface area (Å²) in [6.07, 6.45) is 5.19. The molecule has 6 aromatic rings. The zero-order chi connectivity index (χ0) is 41.9. The molecular formula is C48H52N8O4. The monoisotopic (exact) mass is 804 g/mol. The van der Waals surface area contributed by atoms with Gasteiger partial charge in [-0.25, -0.2) is 14.8 Å². The normalized spacial score (nSPS) is 17.6. The van der Waals surface area contributed by atoms with Gasteiger partial charge in [0.2, 0.25) is 11.8 Å². The number of carbonyl (C=O) groups excluding carboxylic acids is 3. The average molecular weight is 805 g/mol. The number of benzene rings is 4. The molecule has 2 aromatic heterocycles. The molecule has 4 atom stereocenters. The summed E-state index contributed by atoms with van der Waals surface area (Å²) in [6, 6.07) is 34.7. The third kappa shape index (κ3) is 8.00. The molecule has 4 heterocycles. The topological polar surface area (TPSA) is 131 Å². The van der Waals surface area contributed by atoms with Crippen LogP contribution in [0.3, 0.4) is 0 Å². The number of ether oxygens (including phenoxy) is 1. The molecule has 8 rings (SSSR count). The van der Waals surface area contributed by atoms with Crippen molar-refractivity contribution in [1.82, 2.24) is 39.5 Å². The van der Waals surface area contributed by atoms with E-state index in [1.165, 1.54) is 7.11 Å². The highest BCUT2D eigenvalue weighted by atomic mass is 16.5. The van der Waals surface area contributed by atoms with Crippen molar-refractivity contribution in [3.63, 3.8) is 0 Å². The van der Waals surface area contributed by atoms with Crippen molar-refractivity contribution in [1.29, 1.82) is 0 Å². The Balaban J connectivity index is 0.983. The second-order valence-corrected chi connectivity index (χ2v) is 16.1. The zero-order valence-electron chi connectivity index (χ0n) is 34.8. The van der Waals surface area contributed by atoms with Crippen LogP contribution in [-0.2, 0) is 14.3 Å². The van der Waals surface area contributed by atoms with E-state index < -0.39 is 12.0 Å². The number of methoxy groups -OCH3 is 1. The summed E-state index contributed by atoms with van der Waals surface area (Å²) in [7, 11) is 9.08. The maximum atomic E-state index is 14.1. The Morgan fingerprint density at radius 2 is 1.10 bits per heavy atom. The lowest BCUT2D eigenvalue weighted by molar-refractivity contribution is -0.138. The molecule has 12 heteroatoms. The highest BCUT2D eigenvalue weighted by molar-refractivity contribution is 5.94. The van der Waals surface area contributed by atoms with E-state index in [4.69, 9.17) is 14.7 Å². The number of hydrogen-bond acceptors (Lipinski definition) is 8. The fourth-order valence-corrected chi connectivity index (χ4v) is 8.86. The highest BCUT2D eigenvalue weighted by Gasteiger charge is 2.39. The molecule has 2 saturated heterocycles. The lowest BCUT2D eigenvalue weighted by Crippen LogP contribution is -2.40. The Hall–Kier alpha value is -6.37. The molecule has 2 aliphatic rings. The van der Waals surface area contributed by atoms with E-state index >= 15 is 0 Å². The largest absolute Gasteiger partial charge is 0.464 e. The quantitative estimate of drug-likeness (QED) is 0.120. The average Bonchev–Trinajstić information content (AvgIpc) is 4.11. The number of likely N-dealkylation sites (tertiary alicyclic amines) is 2. The summed E-state index contributed by atoms with van der Waals surface area (Å²) in [6.45, 7) is 1.30. The van der Waals surface area contributed by atoms with Gasteiger partial charge in [0.05, 0.1) is 31.1 Å². The molecule has 2 N–H and O–H groups in total. The highest BCUT2D eigenvalue weighted by Crippen LogP contribution is 2.38. The summed E-state index contributed by atoms with van der Waals surface area (Å²) < 4.78 is 5.17. The molecule has 12 nitrogen and oxygen atoms in total. The number of aromatic nitrogens is 4. The van der Waals surface area contributed by atoms with E-state index in [0.29, 0.717) is 24.6 Å². The lowest BCUT2D eigenvalue weighted by Gasteiger charge is -2.31. The fourth-order valence-electron chi connectivity index (χ4n) is 8.86. The number of hydrogen-bond donors (Lipinski definition) is 2. The number of amides is 2. The number of aromatic amines is 2. The standard InChI is InChI=1S/C48H52N8O4/c1-53(2)42(35-14-8-6-9-15-35)46(57)55-28-12-18-38(55)44-49-30-37(50-44)33-24-20-31(21-25-33)32-22-26-34(27-23-32)40-41(48(59)60-5)52-45(51-40)39-19-13-29-56(39)47(58)43(54(3)4)36-16-10-7-11-17-36/h6-11,14-17,20-27,30,38-39,42-43H,12-13,18-19,28-29H2,1-5H3,(H,49,50)(H,51,52)/t38-,39-,42?,43+/m0/s1. The first-order valence-electron chi connectivity index (χ1n) is 20.6. The van der Waals surface area contributed by atoms with E-state index in [2.05, 4.69) is 34.2 Å². The SMILES string of the molecule is COC(=O)c1[nH]c([C@@H]2CCCN2C(=O)[C@@H](c2ccccc2)N(C)C)nc1-c1ccc(-c2ccc(-c3cnc([C@@H]4CCCN4C(=O)C(c4ccccc4)N(C)C)[nH]3)cc2)cc1. The summed E-state index contributed by atoms with van der Waals surface area (Å²) in [5.41, 5.74) is 7.32. The smallest absolute Gasteiger partial charge is 0.356 e. The van der Waals surface area contributed by atoms with Crippen LogP contribution in [0, 0.1) is 0 Å². The molecule has 2 amide bonds. The fraction of sp³-hybridized carbons (Fsp3) is 0.312. The number of nitrogens with one attached hydrogen (secondary N) is 2. The van der Waals surface area contributed by atoms with E-state index in [-0.39, 0.29) is 35.6 Å². The summed E-state index contributed by atoms with van der Waals surface area (Å²) in [5, 5.41) is 0. The Labute approximate surface area is 351 Å². The first kappa shape index (κ1) is 40.4. The molecule has 2 aliphatic heterocycles. The molecule has 0 spiro atoms. The third-order valence-corrected chi connectivity index (χ3v) is 11.8. The van der Waals surface area contributed by atoms with Crippen LogP contribution in [0.4, 0.5) is 0 Å². The van der Waals surface area contributed by atoms with Gasteiger partial charge >= 0.3 is 5.97 Å². The zero-order valence-corrected chi connectivity index (χ0v) is 34.8. The van der Waals surface area contributed by atoms with Crippen LogP contribution in [0.25, 0.3) is 33.6 Å². The van der Waals surface area contributed by atoms with Gasteiger partial charge in [-0.2, -0.15) is 0 Å². The maximum Gasteiger partial charge on any atom is 0.356 e. The van der Waals surface area contributed by atoms with Crippen molar-refractivity contribution in [2.24, 2.45) is 0 Å².